The third-order valence-electron chi connectivity index (χ3n) is 2.99. The van der Waals surface area contributed by atoms with Gasteiger partial charge in [-0.3, -0.25) is 9.59 Å². The average molecular weight is 344 g/mol. The third-order valence-corrected chi connectivity index (χ3v) is 4.44. The van der Waals surface area contributed by atoms with E-state index in [4.69, 9.17) is 16.3 Å². The molecule has 6 heteroatoms. The zero-order chi connectivity index (χ0) is 16.4. The van der Waals surface area contributed by atoms with Crippen LogP contribution in [0.5, 0.6) is 0 Å². The van der Waals surface area contributed by atoms with Crippen LogP contribution in [0.4, 0.5) is 0 Å². The molecule has 1 aromatic carbocycles. The second-order valence-electron chi connectivity index (χ2n) is 4.76. The molecule has 1 atom stereocenters. The second-order valence-corrected chi connectivity index (χ2v) is 6.53. The summed E-state index contributed by atoms with van der Waals surface area (Å²) >= 11 is 7.42. The van der Waals surface area contributed by atoms with Crippen molar-refractivity contribution >= 4 is 35.2 Å². The molecule has 1 rings (SSSR count). The maximum atomic E-state index is 11.7. The van der Waals surface area contributed by atoms with Gasteiger partial charge in [0.15, 0.2) is 0 Å². The molecule has 4 nitrogen and oxygen atoms in total. The fraction of sp³-hybridized carbons (Fsp3) is 0.500. The number of nitrogens with one attached hydrogen (secondary N) is 1. The van der Waals surface area contributed by atoms with Crippen molar-refractivity contribution in [1.29, 1.82) is 0 Å². The van der Waals surface area contributed by atoms with Crippen LogP contribution in [0, 0.1) is 0 Å². The molecule has 122 valence electrons. The highest BCUT2D eigenvalue weighted by Crippen LogP contribution is 2.28. The van der Waals surface area contributed by atoms with E-state index in [9.17, 15) is 9.59 Å². The Kier molecular flexibility index (Phi) is 9.01. The molecule has 0 saturated carbocycles. The molecular formula is C16H22ClNO3S. The number of amides is 1. The van der Waals surface area contributed by atoms with Crippen LogP contribution in [-0.2, 0) is 14.3 Å². The van der Waals surface area contributed by atoms with Gasteiger partial charge in [-0.15, -0.1) is 11.8 Å². The Hall–Kier alpha value is -1.20. The monoisotopic (exact) mass is 343 g/mol. The minimum absolute atomic E-state index is 0.0188. The van der Waals surface area contributed by atoms with E-state index >= 15 is 0 Å². The van der Waals surface area contributed by atoms with Gasteiger partial charge in [0.1, 0.15) is 0 Å². The fourth-order valence-electron chi connectivity index (χ4n) is 1.78. The van der Waals surface area contributed by atoms with Gasteiger partial charge >= 0.3 is 5.97 Å². The molecule has 0 aliphatic rings. The van der Waals surface area contributed by atoms with E-state index in [1.54, 1.807) is 18.7 Å². The summed E-state index contributed by atoms with van der Waals surface area (Å²) in [6, 6.07) is 7.64. The van der Waals surface area contributed by atoms with E-state index in [0.29, 0.717) is 36.8 Å². The predicted octanol–water partition coefficient (Wildman–Crippen LogP) is 3.59. The molecule has 0 heterocycles. The molecule has 22 heavy (non-hydrogen) atoms. The van der Waals surface area contributed by atoms with E-state index in [-0.39, 0.29) is 17.1 Å². The smallest absolute Gasteiger partial charge is 0.305 e. The van der Waals surface area contributed by atoms with Gasteiger partial charge in [0, 0.05) is 23.2 Å². The largest absolute Gasteiger partial charge is 0.466 e. The number of hydrogen-bond acceptors (Lipinski definition) is 4. The number of halogens is 1. The minimum atomic E-state index is -0.220. The zero-order valence-electron chi connectivity index (χ0n) is 12.9. The van der Waals surface area contributed by atoms with E-state index in [2.05, 4.69) is 12.2 Å². The summed E-state index contributed by atoms with van der Waals surface area (Å²) in [5.41, 5.74) is 1.14. The van der Waals surface area contributed by atoms with Gasteiger partial charge in [0.2, 0.25) is 5.91 Å². The molecular weight excluding hydrogens is 322 g/mol. The SMILES string of the molecule is CCOC(=O)CCCNC(=O)CSC(C)c1ccc(Cl)cc1. The first-order chi connectivity index (χ1) is 10.5. The highest BCUT2D eigenvalue weighted by Gasteiger charge is 2.09. The molecule has 0 fully saturated rings. The maximum absolute atomic E-state index is 11.7. The number of esters is 1. The van der Waals surface area contributed by atoms with Gasteiger partial charge < -0.3 is 10.1 Å². The number of ether oxygens (including phenoxy) is 1. The molecule has 1 unspecified atom stereocenters. The van der Waals surface area contributed by atoms with Crippen LogP contribution in [-0.4, -0.2) is 30.8 Å². The Morgan fingerprint density at radius 3 is 2.64 bits per heavy atom. The highest BCUT2D eigenvalue weighted by atomic mass is 35.5. The van der Waals surface area contributed by atoms with Crippen LogP contribution in [0.1, 0.15) is 37.5 Å². The van der Waals surface area contributed by atoms with Crippen molar-refractivity contribution in [2.45, 2.75) is 31.9 Å². The summed E-state index contributed by atoms with van der Waals surface area (Å²) in [4.78, 5) is 22.9. The van der Waals surface area contributed by atoms with Crippen molar-refractivity contribution in [2.24, 2.45) is 0 Å². The zero-order valence-corrected chi connectivity index (χ0v) is 14.5. The summed E-state index contributed by atoms with van der Waals surface area (Å²) in [6.45, 7) is 4.72. The van der Waals surface area contributed by atoms with Crippen LogP contribution >= 0.6 is 23.4 Å². The first kappa shape index (κ1) is 18.8. The highest BCUT2D eigenvalue weighted by molar-refractivity contribution is 8.00. The molecule has 0 spiro atoms. The lowest BCUT2D eigenvalue weighted by molar-refractivity contribution is -0.143. The Labute approximate surface area is 140 Å². The van der Waals surface area contributed by atoms with E-state index in [0.717, 1.165) is 5.56 Å². The molecule has 0 aliphatic carbocycles. The Morgan fingerprint density at radius 1 is 1.32 bits per heavy atom. The standard InChI is InChI=1S/C16H22ClNO3S/c1-3-21-16(20)5-4-10-18-15(19)11-22-12(2)13-6-8-14(17)9-7-13/h6-9,12H,3-5,10-11H2,1-2H3,(H,18,19). The third kappa shape index (κ3) is 7.71. The second kappa shape index (κ2) is 10.5. The van der Waals surface area contributed by atoms with Crippen molar-refractivity contribution in [3.8, 4) is 0 Å². The normalized spacial score (nSPS) is 11.8. The van der Waals surface area contributed by atoms with Crippen molar-refractivity contribution in [3.05, 3.63) is 34.9 Å². The Morgan fingerprint density at radius 2 is 2.00 bits per heavy atom. The van der Waals surface area contributed by atoms with Crippen molar-refractivity contribution in [2.75, 3.05) is 18.9 Å². The van der Waals surface area contributed by atoms with Crippen LogP contribution in [0.15, 0.2) is 24.3 Å². The molecule has 1 amide bonds. The number of hydrogen-bond donors (Lipinski definition) is 1. The first-order valence-electron chi connectivity index (χ1n) is 7.32. The Balaban J connectivity index is 2.17. The van der Waals surface area contributed by atoms with Gasteiger partial charge in [-0.25, -0.2) is 0 Å². The number of benzene rings is 1. The van der Waals surface area contributed by atoms with Crippen LogP contribution in [0.2, 0.25) is 5.02 Å². The Bertz CT molecular complexity index is 479. The minimum Gasteiger partial charge on any atom is -0.466 e. The fourth-order valence-corrected chi connectivity index (χ4v) is 2.75. The maximum Gasteiger partial charge on any atom is 0.305 e. The average Bonchev–Trinajstić information content (AvgIpc) is 2.50. The van der Waals surface area contributed by atoms with Gasteiger partial charge in [-0.2, -0.15) is 0 Å². The molecule has 0 aromatic heterocycles. The van der Waals surface area contributed by atoms with Gasteiger partial charge in [0.05, 0.1) is 12.4 Å². The van der Waals surface area contributed by atoms with Crippen LogP contribution < -0.4 is 5.32 Å². The van der Waals surface area contributed by atoms with Crippen molar-refractivity contribution < 1.29 is 14.3 Å². The number of carbonyl (C=O) groups excluding carboxylic acids is 2. The topological polar surface area (TPSA) is 55.4 Å². The van der Waals surface area contributed by atoms with Gasteiger partial charge in [0.25, 0.3) is 0 Å². The summed E-state index contributed by atoms with van der Waals surface area (Å²) in [5, 5.41) is 3.74. The van der Waals surface area contributed by atoms with Crippen LogP contribution in [0.3, 0.4) is 0 Å². The summed E-state index contributed by atoms with van der Waals surface area (Å²) in [5.74, 6) is 0.153. The summed E-state index contributed by atoms with van der Waals surface area (Å²) in [6.07, 6.45) is 0.935. The lowest BCUT2D eigenvalue weighted by atomic mass is 10.2. The quantitative estimate of drug-likeness (QED) is 0.550. The lowest BCUT2D eigenvalue weighted by Gasteiger charge is -2.11. The molecule has 0 radical (unpaired) electrons. The molecule has 1 aromatic rings. The van der Waals surface area contributed by atoms with Crippen molar-refractivity contribution in [1.82, 2.24) is 5.32 Å². The van der Waals surface area contributed by atoms with Gasteiger partial charge in [-0.05, 0) is 38.0 Å². The number of carbonyl (C=O) groups is 2. The molecule has 0 bridgehead atoms. The van der Waals surface area contributed by atoms with Crippen molar-refractivity contribution in [3.63, 3.8) is 0 Å². The van der Waals surface area contributed by atoms with E-state index in [1.807, 2.05) is 24.3 Å². The number of rotatable bonds is 9. The molecule has 0 aliphatic heterocycles. The molecule has 1 N–H and O–H groups in total. The van der Waals surface area contributed by atoms with Crippen LogP contribution in [0.25, 0.3) is 0 Å². The van der Waals surface area contributed by atoms with Gasteiger partial charge in [-0.1, -0.05) is 23.7 Å². The first-order valence-corrected chi connectivity index (χ1v) is 8.75. The van der Waals surface area contributed by atoms with E-state index < -0.39 is 0 Å². The summed E-state index contributed by atoms with van der Waals surface area (Å²) < 4.78 is 4.82. The lowest BCUT2D eigenvalue weighted by Crippen LogP contribution is -2.26. The predicted molar refractivity (Wildman–Crippen MR) is 91.2 cm³/mol. The van der Waals surface area contributed by atoms with E-state index in [1.165, 1.54) is 0 Å². The molecule has 0 saturated heterocycles. The number of thioether (sulfide) groups is 1. The summed E-state index contributed by atoms with van der Waals surface area (Å²) in [7, 11) is 0.